The van der Waals surface area contributed by atoms with E-state index in [1.807, 2.05) is 6.07 Å². The average molecular weight is 249 g/mol. The van der Waals surface area contributed by atoms with Gasteiger partial charge < -0.3 is 5.32 Å². The molecule has 18 heavy (non-hydrogen) atoms. The number of nitriles is 1. The lowest BCUT2D eigenvalue weighted by Gasteiger charge is -2.07. The van der Waals surface area contributed by atoms with Gasteiger partial charge in [-0.2, -0.15) is 5.26 Å². The summed E-state index contributed by atoms with van der Waals surface area (Å²) >= 11 is 0. The van der Waals surface area contributed by atoms with Crippen LogP contribution in [0, 0.1) is 28.8 Å². The Morgan fingerprint density at radius 3 is 2.39 bits per heavy atom. The van der Waals surface area contributed by atoms with Gasteiger partial charge in [-0.3, -0.25) is 0 Å². The third-order valence-corrected chi connectivity index (χ3v) is 2.17. The lowest BCUT2D eigenvalue weighted by Crippen LogP contribution is -1.98. The van der Waals surface area contributed by atoms with E-state index in [1.165, 1.54) is 18.3 Å². The van der Waals surface area contributed by atoms with Gasteiger partial charge in [0.15, 0.2) is 11.6 Å². The van der Waals surface area contributed by atoms with Crippen LogP contribution in [-0.4, -0.2) is 4.98 Å². The molecule has 2 aromatic rings. The highest BCUT2D eigenvalue weighted by molar-refractivity contribution is 5.57. The first-order valence-electron chi connectivity index (χ1n) is 4.88. The Hall–Kier alpha value is -2.55. The predicted octanol–water partition coefficient (Wildman–Crippen LogP) is 3.11. The normalized spacial score (nSPS) is 9.89. The zero-order valence-electron chi connectivity index (χ0n) is 8.92. The molecule has 0 aliphatic heterocycles. The number of hydrogen-bond acceptors (Lipinski definition) is 3. The minimum Gasteiger partial charge on any atom is -0.338 e. The van der Waals surface area contributed by atoms with Gasteiger partial charge in [0.25, 0.3) is 0 Å². The van der Waals surface area contributed by atoms with Gasteiger partial charge in [-0.15, -0.1) is 0 Å². The van der Waals surface area contributed by atoms with Crippen LogP contribution in [0.15, 0.2) is 30.5 Å². The number of rotatable bonds is 2. The number of halogens is 3. The Balaban J connectivity index is 2.28. The van der Waals surface area contributed by atoms with Gasteiger partial charge >= 0.3 is 0 Å². The maximum Gasteiger partial charge on any atom is 0.161 e. The van der Waals surface area contributed by atoms with E-state index in [2.05, 4.69) is 10.3 Å². The summed E-state index contributed by atoms with van der Waals surface area (Å²) in [6.07, 6.45) is 1.28. The minimum absolute atomic E-state index is 0.221. The molecular formula is C12H6F3N3. The molecule has 3 nitrogen and oxygen atoms in total. The molecule has 6 heteroatoms. The van der Waals surface area contributed by atoms with Crippen LogP contribution >= 0.6 is 0 Å². The third kappa shape index (κ3) is 2.40. The number of aromatic nitrogens is 1. The second kappa shape index (κ2) is 4.75. The van der Waals surface area contributed by atoms with Gasteiger partial charge in [-0.25, -0.2) is 18.2 Å². The highest BCUT2D eigenvalue weighted by atomic mass is 19.2. The fourth-order valence-electron chi connectivity index (χ4n) is 1.29. The molecule has 0 saturated carbocycles. The van der Waals surface area contributed by atoms with Crippen molar-refractivity contribution in [1.29, 1.82) is 5.26 Å². The summed E-state index contributed by atoms with van der Waals surface area (Å²) in [6, 6.07) is 5.91. The van der Waals surface area contributed by atoms with Crippen molar-refractivity contribution < 1.29 is 13.2 Å². The molecule has 0 aliphatic rings. The largest absolute Gasteiger partial charge is 0.338 e. The van der Waals surface area contributed by atoms with E-state index >= 15 is 0 Å². The van der Waals surface area contributed by atoms with Crippen LogP contribution in [0.5, 0.6) is 0 Å². The maximum absolute atomic E-state index is 13.3. The van der Waals surface area contributed by atoms with Crippen molar-refractivity contribution in [2.45, 2.75) is 0 Å². The number of nitrogens with zero attached hydrogens (tertiary/aromatic N) is 2. The van der Waals surface area contributed by atoms with E-state index in [0.717, 1.165) is 0 Å². The van der Waals surface area contributed by atoms with Crippen molar-refractivity contribution in [2.75, 3.05) is 5.32 Å². The van der Waals surface area contributed by atoms with E-state index in [-0.39, 0.29) is 11.5 Å². The average Bonchev–Trinajstić information content (AvgIpc) is 2.37. The number of anilines is 2. The highest BCUT2D eigenvalue weighted by Crippen LogP contribution is 2.21. The summed E-state index contributed by atoms with van der Waals surface area (Å²) in [6.45, 7) is 0. The standard InChI is InChI=1S/C12H6F3N3/c13-8-3-10(15)11(4-9(8)14)18-12-2-1-7(5-16)6-17-12/h1-4,6H,(H,17,18). The first-order chi connectivity index (χ1) is 8.60. The molecule has 2 rings (SSSR count). The molecule has 0 fully saturated rings. The molecule has 0 amide bonds. The summed E-state index contributed by atoms with van der Waals surface area (Å²) in [5, 5.41) is 11.1. The van der Waals surface area contributed by atoms with Crippen LogP contribution in [0.1, 0.15) is 5.56 Å². The number of benzene rings is 1. The Labute approximate surface area is 101 Å². The Bertz CT molecular complexity index is 618. The summed E-state index contributed by atoms with van der Waals surface area (Å²) in [7, 11) is 0. The molecule has 0 bridgehead atoms. The van der Waals surface area contributed by atoms with Crippen molar-refractivity contribution in [3.63, 3.8) is 0 Å². The van der Waals surface area contributed by atoms with Crippen LogP contribution in [-0.2, 0) is 0 Å². The number of pyridine rings is 1. The van der Waals surface area contributed by atoms with E-state index in [0.29, 0.717) is 17.7 Å². The van der Waals surface area contributed by atoms with Crippen molar-refractivity contribution in [3.05, 3.63) is 53.5 Å². The molecule has 0 unspecified atom stereocenters. The summed E-state index contributed by atoms with van der Waals surface area (Å²) < 4.78 is 39.0. The molecule has 0 atom stereocenters. The van der Waals surface area contributed by atoms with Crippen molar-refractivity contribution in [3.8, 4) is 6.07 Å². The Kier molecular flexibility index (Phi) is 3.15. The van der Waals surface area contributed by atoms with Crippen LogP contribution in [0.2, 0.25) is 0 Å². The van der Waals surface area contributed by atoms with Crippen molar-refractivity contribution in [1.82, 2.24) is 4.98 Å². The van der Waals surface area contributed by atoms with E-state index < -0.39 is 17.5 Å². The Morgan fingerprint density at radius 1 is 1.06 bits per heavy atom. The van der Waals surface area contributed by atoms with Crippen LogP contribution in [0.25, 0.3) is 0 Å². The van der Waals surface area contributed by atoms with Gasteiger partial charge in [-0.1, -0.05) is 0 Å². The smallest absolute Gasteiger partial charge is 0.161 e. The fraction of sp³-hybridized carbons (Fsp3) is 0. The molecule has 90 valence electrons. The van der Waals surface area contributed by atoms with Gasteiger partial charge in [0.1, 0.15) is 17.7 Å². The quantitative estimate of drug-likeness (QED) is 0.832. The third-order valence-electron chi connectivity index (χ3n) is 2.17. The lowest BCUT2D eigenvalue weighted by atomic mass is 10.2. The van der Waals surface area contributed by atoms with Gasteiger partial charge in [0.2, 0.25) is 0 Å². The first kappa shape index (κ1) is 11.9. The zero-order chi connectivity index (χ0) is 13.1. The summed E-state index contributed by atoms with van der Waals surface area (Å²) in [5.41, 5.74) is 0.109. The zero-order valence-corrected chi connectivity index (χ0v) is 8.92. The predicted molar refractivity (Wildman–Crippen MR) is 58.6 cm³/mol. The monoisotopic (exact) mass is 249 g/mol. The molecule has 0 saturated heterocycles. The van der Waals surface area contributed by atoms with E-state index in [9.17, 15) is 13.2 Å². The van der Waals surface area contributed by atoms with E-state index in [4.69, 9.17) is 5.26 Å². The van der Waals surface area contributed by atoms with E-state index in [1.54, 1.807) is 0 Å². The molecule has 1 N–H and O–H groups in total. The summed E-state index contributed by atoms with van der Waals surface area (Å²) in [4.78, 5) is 3.82. The topological polar surface area (TPSA) is 48.7 Å². The van der Waals surface area contributed by atoms with Gasteiger partial charge in [0, 0.05) is 18.3 Å². The fourth-order valence-corrected chi connectivity index (χ4v) is 1.29. The Morgan fingerprint density at radius 2 is 1.78 bits per heavy atom. The molecule has 1 aromatic carbocycles. The van der Waals surface area contributed by atoms with Gasteiger partial charge in [0.05, 0.1) is 11.3 Å². The maximum atomic E-state index is 13.3. The first-order valence-corrected chi connectivity index (χ1v) is 4.88. The molecule has 0 radical (unpaired) electrons. The molecule has 0 aliphatic carbocycles. The van der Waals surface area contributed by atoms with Crippen LogP contribution < -0.4 is 5.32 Å². The van der Waals surface area contributed by atoms with Crippen molar-refractivity contribution >= 4 is 11.5 Å². The highest BCUT2D eigenvalue weighted by Gasteiger charge is 2.10. The second-order valence-electron chi connectivity index (χ2n) is 3.42. The lowest BCUT2D eigenvalue weighted by molar-refractivity contribution is 0.496. The second-order valence-corrected chi connectivity index (χ2v) is 3.42. The molecule has 0 spiro atoms. The van der Waals surface area contributed by atoms with Crippen LogP contribution in [0.3, 0.4) is 0 Å². The minimum atomic E-state index is -1.26. The number of nitrogens with one attached hydrogen (secondary N) is 1. The SMILES string of the molecule is N#Cc1ccc(Nc2cc(F)c(F)cc2F)nc1. The van der Waals surface area contributed by atoms with Crippen molar-refractivity contribution in [2.24, 2.45) is 0 Å². The van der Waals surface area contributed by atoms with Gasteiger partial charge in [-0.05, 0) is 12.1 Å². The van der Waals surface area contributed by atoms with Crippen LogP contribution in [0.4, 0.5) is 24.7 Å². The molecule has 1 aromatic heterocycles. The molecule has 1 heterocycles. The summed E-state index contributed by atoms with van der Waals surface area (Å²) in [5.74, 6) is -3.13. The molecular weight excluding hydrogens is 243 g/mol. The number of hydrogen-bond donors (Lipinski definition) is 1.